The minimum atomic E-state index is 0. The van der Waals surface area contributed by atoms with Gasteiger partial charge in [0, 0.05) is 50.9 Å². The van der Waals surface area contributed by atoms with Crippen LogP contribution < -0.4 is 10.9 Å². The van der Waals surface area contributed by atoms with Gasteiger partial charge in [0.2, 0.25) is 5.56 Å². The fraction of sp³-hybridized carbons (Fsp3) is 0.455. The van der Waals surface area contributed by atoms with Crippen molar-refractivity contribution in [1.82, 2.24) is 14.8 Å². The molecule has 2 aromatic rings. The van der Waals surface area contributed by atoms with Crippen molar-refractivity contribution in [2.45, 2.75) is 38.6 Å². The monoisotopic (exact) mass is 494 g/mol. The molecule has 5 nitrogen and oxygen atoms in total. The van der Waals surface area contributed by atoms with E-state index in [9.17, 15) is 4.79 Å². The number of unbranched alkanes of at least 4 members (excludes halogenated alkanes) is 1. The number of benzene rings is 1. The van der Waals surface area contributed by atoms with E-state index in [4.69, 9.17) is 4.99 Å². The van der Waals surface area contributed by atoms with Crippen molar-refractivity contribution in [1.29, 1.82) is 0 Å². The van der Waals surface area contributed by atoms with Crippen LogP contribution in [0.4, 0.5) is 0 Å². The van der Waals surface area contributed by atoms with Gasteiger partial charge in [-0.25, -0.2) is 0 Å². The lowest BCUT2D eigenvalue weighted by Gasteiger charge is -2.21. The molecule has 0 saturated carbocycles. The second kappa shape index (κ2) is 11.9. The lowest BCUT2D eigenvalue weighted by molar-refractivity contribution is 0.484. The molecule has 0 amide bonds. The van der Waals surface area contributed by atoms with Gasteiger partial charge in [-0.1, -0.05) is 36.4 Å². The Bertz CT molecular complexity index is 790. The van der Waals surface area contributed by atoms with Gasteiger partial charge in [-0.2, -0.15) is 0 Å². The van der Waals surface area contributed by atoms with Crippen LogP contribution in [-0.2, 0) is 6.54 Å². The van der Waals surface area contributed by atoms with Gasteiger partial charge in [-0.3, -0.25) is 9.79 Å². The number of aryl methyl sites for hydroxylation is 1. The maximum absolute atomic E-state index is 11.7. The lowest BCUT2D eigenvalue weighted by atomic mass is 9.99. The van der Waals surface area contributed by atoms with Gasteiger partial charge >= 0.3 is 0 Å². The third-order valence-corrected chi connectivity index (χ3v) is 5.06. The van der Waals surface area contributed by atoms with E-state index in [2.05, 4.69) is 47.5 Å². The van der Waals surface area contributed by atoms with Crippen molar-refractivity contribution < 1.29 is 0 Å². The van der Waals surface area contributed by atoms with Crippen molar-refractivity contribution in [2.24, 2.45) is 4.99 Å². The molecule has 1 atom stereocenters. The summed E-state index contributed by atoms with van der Waals surface area (Å²) in [5.41, 5.74) is 1.49. The van der Waals surface area contributed by atoms with E-state index in [1.807, 2.05) is 12.3 Å². The maximum Gasteiger partial charge on any atom is 0.250 e. The number of aliphatic imine (C=N–C) groups is 1. The van der Waals surface area contributed by atoms with Gasteiger partial charge in [0.05, 0.1) is 0 Å². The summed E-state index contributed by atoms with van der Waals surface area (Å²) in [7, 11) is 0. The second-order valence-corrected chi connectivity index (χ2v) is 7.02. The molecule has 1 aromatic heterocycles. The average Bonchev–Trinajstić information content (AvgIpc) is 3.19. The highest BCUT2D eigenvalue weighted by atomic mass is 127. The molecule has 1 aliphatic heterocycles. The number of nitrogens with zero attached hydrogens (tertiary/aromatic N) is 3. The Kier molecular flexibility index (Phi) is 9.54. The molecule has 2 heterocycles. The number of hydrogen-bond donors (Lipinski definition) is 1. The van der Waals surface area contributed by atoms with Crippen LogP contribution in [0.15, 0.2) is 64.5 Å². The summed E-state index contributed by atoms with van der Waals surface area (Å²) in [4.78, 5) is 18.9. The number of guanidine groups is 1. The predicted octanol–water partition coefficient (Wildman–Crippen LogP) is 3.70. The Hall–Kier alpha value is -1.83. The Labute approximate surface area is 184 Å². The van der Waals surface area contributed by atoms with Crippen LogP contribution >= 0.6 is 24.0 Å². The smallest absolute Gasteiger partial charge is 0.250 e. The third kappa shape index (κ3) is 6.36. The fourth-order valence-corrected chi connectivity index (χ4v) is 3.60. The zero-order chi connectivity index (χ0) is 18.9. The SMILES string of the molecule is CCNC(=NCCCCn1ccccc1=O)N1CCC(c2ccccc2)C1.I. The molecule has 1 N–H and O–H groups in total. The van der Waals surface area contributed by atoms with E-state index < -0.39 is 0 Å². The average molecular weight is 494 g/mol. The highest BCUT2D eigenvalue weighted by Gasteiger charge is 2.25. The molecule has 0 aliphatic carbocycles. The number of nitrogens with one attached hydrogen (secondary N) is 1. The van der Waals surface area contributed by atoms with E-state index >= 15 is 0 Å². The standard InChI is InChI=1S/C22H30N4O.HI/c1-2-23-22(24-14-7-9-16-25-15-8-6-12-21(25)27)26-17-13-20(18-26)19-10-4-3-5-11-19;/h3-6,8,10-12,15,20H,2,7,9,13-14,16-18H2,1H3,(H,23,24);1H. The molecule has 152 valence electrons. The van der Waals surface area contributed by atoms with Crippen molar-refractivity contribution in [3.05, 3.63) is 70.6 Å². The molecule has 6 heteroatoms. The summed E-state index contributed by atoms with van der Waals surface area (Å²) in [6.07, 6.45) is 4.96. The van der Waals surface area contributed by atoms with Gasteiger partial charge in [0.1, 0.15) is 0 Å². The van der Waals surface area contributed by atoms with Gasteiger partial charge in [0.15, 0.2) is 5.96 Å². The highest BCUT2D eigenvalue weighted by Crippen LogP contribution is 2.26. The summed E-state index contributed by atoms with van der Waals surface area (Å²) in [6.45, 7) is 6.61. The molecule has 1 unspecified atom stereocenters. The van der Waals surface area contributed by atoms with Gasteiger partial charge in [0.25, 0.3) is 0 Å². The molecule has 0 bridgehead atoms. The van der Waals surface area contributed by atoms with Crippen molar-refractivity contribution >= 4 is 29.9 Å². The maximum atomic E-state index is 11.7. The number of aromatic nitrogens is 1. The van der Waals surface area contributed by atoms with E-state index in [0.29, 0.717) is 5.92 Å². The summed E-state index contributed by atoms with van der Waals surface area (Å²) in [6, 6.07) is 16.1. The Balaban J connectivity index is 0.00000280. The summed E-state index contributed by atoms with van der Waals surface area (Å²) < 4.78 is 1.76. The molecule has 0 spiro atoms. The molecule has 0 radical (unpaired) electrons. The third-order valence-electron chi connectivity index (χ3n) is 5.06. The van der Waals surface area contributed by atoms with Crippen LogP contribution in [0.5, 0.6) is 0 Å². The molecular weight excluding hydrogens is 463 g/mol. The van der Waals surface area contributed by atoms with Gasteiger partial charge < -0.3 is 14.8 Å². The van der Waals surface area contributed by atoms with Crippen LogP contribution in [0.2, 0.25) is 0 Å². The van der Waals surface area contributed by atoms with Gasteiger partial charge in [-0.15, -0.1) is 24.0 Å². The van der Waals surface area contributed by atoms with E-state index in [-0.39, 0.29) is 29.5 Å². The molecule has 28 heavy (non-hydrogen) atoms. The first-order valence-corrected chi connectivity index (χ1v) is 10.0. The van der Waals surface area contributed by atoms with Crippen LogP contribution in [0, 0.1) is 0 Å². The molecule has 3 rings (SSSR count). The minimum Gasteiger partial charge on any atom is -0.357 e. The Morgan fingerprint density at radius 3 is 2.68 bits per heavy atom. The van der Waals surface area contributed by atoms with Crippen LogP contribution in [0.25, 0.3) is 0 Å². The van der Waals surface area contributed by atoms with E-state index in [0.717, 1.165) is 51.5 Å². The van der Waals surface area contributed by atoms with Gasteiger partial charge in [-0.05, 0) is 37.8 Å². The van der Waals surface area contributed by atoms with E-state index in [1.165, 1.54) is 12.0 Å². The largest absolute Gasteiger partial charge is 0.357 e. The Morgan fingerprint density at radius 2 is 1.93 bits per heavy atom. The Morgan fingerprint density at radius 1 is 1.14 bits per heavy atom. The quantitative estimate of drug-likeness (QED) is 0.277. The van der Waals surface area contributed by atoms with E-state index in [1.54, 1.807) is 16.7 Å². The number of pyridine rings is 1. The molecular formula is C22H31IN4O. The number of halogens is 1. The highest BCUT2D eigenvalue weighted by molar-refractivity contribution is 14.0. The van der Waals surface area contributed by atoms with Crippen molar-refractivity contribution in [3.8, 4) is 0 Å². The molecule has 1 fully saturated rings. The van der Waals surface area contributed by atoms with Crippen LogP contribution in [0.1, 0.15) is 37.7 Å². The minimum absolute atomic E-state index is 0. The van der Waals surface area contributed by atoms with Crippen LogP contribution in [0.3, 0.4) is 0 Å². The molecule has 1 aliphatic rings. The first-order chi connectivity index (χ1) is 13.3. The van der Waals surface area contributed by atoms with Crippen molar-refractivity contribution in [2.75, 3.05) is 26.2 Å². The summed E-state index contributed by atoms with van der Waals surface area (Å²) in [5, 5.41) is 3.44. The fourth-order valence-electron chi connectivity index (χ4n) is 3.60. The van der Waals surface area contributed by atoms with Crippen molar-refractivity contribution in [3.63, 3.8) is 0 Å². The zero-order valence-electron chi connectivity index (χ0n) is 16.6. The summed E-state index contributed by atoms with van der Waals surface area (Å²) >= 11 is 0. The number of hydrogen-bond acceptors (Lipinski definition) is 2. The molecule has 1 aromatic carbocycles. The summed E-state index contributed by atoms with van der Waals surface area (Å²) in [5.74, 6) is 1.60. The first-order valence-electron chi connectivity index (χ1n) is 10.0. The first kappa shape index (κ1) is 22.5. The lowest BCUT2D eigenvalue weighted by Crippen LogP contribution is -2.40. The predicted molar refractivity (Wildman–Crippen MR) is 127 cm³/mol. The number of likely N-dealkylation sites (tertiary alicyclic amines) is 1. The molecule has 1 saturated heterocycles. The van der Waals surface area contributed by atoms with Crippen LogP contribution in [-0.4, -0.2) is 41.6 Å². The zero-order valence-corrected chi connectivity index (χ0v) is 18.9. The number of rotatable bonds is 7. The topological polar surface area (TPSA) is 49.6 Å². The second-order valence-electron chi connectivity index (χ2n) is 7.02. The normalized spacial score (nSPS) is 16.7.